The summed E-state index contributed by atoms with van der Waals surface area (Å²) in [4.78, 5) is 9.19. The Kier molecular flexibility index (Phi) is 6.23. The van der Waals surface area contributed by atoms with Gasteiger partial charge in [0.1, 0.15) is 5.65 Å². The van der Waals surface area contributed by atoms with Crippen molar-refractivity contribution in [1.29, 1.82) is 0 Å². The van der Waals surface area contributed by atoms with Crippen molar-refractivity contribution in [2.45, 2.75) is 25.3 Å². The lowest BCUT2D eigenvalue weighted by molar-refractivity contribution is 0.819. The van der Waals surface area contributed by atoms with E-state index in [-0.39, 0.29) is 24.0 Å². The van der Waals surface area contributed by atoms with Gasteiger partial charge in [0.25, 0.3) is 0 Å². The van der Waals surface area contributed by atoms with Crippen molar-refractivity contribution in [3.8, 4) is 0 Å². The van der Waals surface area contributed by atoms with Gasteiger partial charge in [-0.05, 0) is 25.0 Å². The fraction of sp³-hybridized carbons (Fsp3) is 0.375. The normalized spacial score (nSPS) is 14.5. The van der Waals surface area contributed by atoms with Crippen molar-refractivity contribution in [3.05, 3.63) is 48.9 Å². The Balaban J connectivity index is 0.00000176. The molecule has 22 heavy (non-hydrogen) atoms. The zero-order valence-electron chi connectivity index (χ0n) is 12.5. The van der Waals surface area contributed by atoms with E-state index in [9.17, 15) is 0 Å². The Bertz CT molecular complexity index is 612. The number of aliphatic imine (C=N–C) groups is 1. The molecule has 0 spiro atoms. The van der Waals surface area contributed by atoms with E-state index in [1.807, 2.05) is 34.9 Å². The number of nitrogens with one attached hydrogen (secondary N) is 2. The molecule has 0 amide bonds. The highest BCUT2D eigenvalue weighted by Gasteiger charge is 2.22. The third-order valence-electron chi connectivity index (χ3n) is 3.38. The third kappa shape index (κ3) is 4.72. The molecule has 0 unspecified atom stereocenters. The van der Waals surface area contributed by atoms with Gasteiger partial charge in [-0.2, -0.15) is 0 Å². The van der Waals surface area contributed by atoms with Crippen molar-refractivity contribution in [3.63, 3.8) is 0 Å². The number of halogens is 1. The average molecular weight is 411 g/mol. The number of aromatic nitrogens is 2. The average Bonchev–Trinajstić information content (AvgIpc) is 3.21. The summed E-state index contributed by atoms with van der Waals surface area (Å²) in [7, 11) is 0. The standard InChI is InChI=1S/C16H21N5.HI/c1-2-9-17-16(20-13-6-7-13)18-10-8-14-12-21-11-4-3-5-15(21)19-14;/h2-5,11-13H,1,6-10H2,(H2,17,18,20);1H. The van der Waals surface area contributed by atoms with Crippen LogP contribution in [-0.2, 0) is 6.42 Å². The van der Waals surface area contributed by atoms with Crippen molar-refractivity contribution >= 4 is 35.6 Å². The number of nitrogens with zero attached hydrogens (tertiary/aromatic N) is 3. The van der Waals surface area contributed by atoms with Gasteiger partial charge in [-0.25, -0.2) is 4.98 Å². The zero-order valence-corrected chi connectivity index (χ0v) is 14.9. The van der Waals surface area contributed by atoms with E-state index in [4.69, 9.17) is 0 Å². The SMILES string of the molecule is C=CCNC(=NCCc1cn2ccccc2n1)NC1CC1.I. The highest BCUT2D eigenvalue weighted by atomic mass is 127. The molecule has 0 aliphatic heterocycles. The van der Waals surface area contributed by atoms with Gasteiger partial charge < -0.3 is 15.0 Å². The van der Waals surface area contributed by atoms with Crippen LogP contribution in [-0.4, -0.2) is 34.5 Å². The molecule has 0 bridgehead atoms. The maximum absolute atomic E-state index is 4.60. The maximum atomic E-state index is 4.60. The van der Waals surface area contributed by atoms with Crippen molar-refractivity contribution < 1.29 is 0 Å². The van der Waals surface area contributed by atoms with Gasteiger partial charge in [0.15, 0.2) is 5.96 Å². The van der Waals surface area contributed by atoms with Crippen molar-refractivity contribution in [2.24, 2.45) is 4.99 Å². The van der Waals surface area contributed by atoms with Crippen LogP contribution in [0.4, 0.5) is 0 Å². The van der Waals surface area contributed by atoms with Crippen LogP contribution in [0.25, 0.3) is 5.65 Å². The first-order chi connectivity index (χ1) is 10.3. The molecule has 2 heterocycles. The van der Waals surface area contributed by atoms with Gasteiger partial charge in [0.2, 0.25) is 0 Å². The van der Waals surface area contributed by atoms with Gasteiger partial charge >= 0.3 is 0 Å². The second kappa shape index (κ2) is 8.17. The van der Waals surface area contributed by atoms with Crippen LogP contribution in [0.3, 0.4) is 0 Å². The Morgan fingerprint density at radius 2 is 2.32 bits per heavy atom. The van der Waals surface area contributed by atoms with Gasteiger partial charge in [-0.15, -0.1) is 30.6 Å². The van der Waals surface area contributed by atoms with E-state index < -0.39 is 0 Å². The molecule has 2 N–H and O–H groups in total. The molecule has 1 fully saturated rings. The van der Waals surface area contributed by atoms with E-state index in [0.29, 0.717) is 6.04 Å². The molecule has 0 radical (unpaired) electrons. The Morgan fingerprint density at radius 1 is 1.45 bits per heavy atom. The molecule has 118 valence electrons. The number of hydrogen-bond donors (Lipinski definition) is 2. The van der Waals surface area contributed by atoms with Gasteiger partial charge in [0.05, 0.1) is 5.69 Å². The maximum Gasteiger partial charge on any atom is 0.191 e. The molecule has 6 heteroatoms. The summed E-state index contributed by atoms with van der Waals surface area (Å²) in [5, 5.41) is 6.65. The van der Waals surface area contributed by atoms with E-state index in [1.54, 1.807) is 0 Å². The lowest BCUT2D eigenvalue weighted by atomic mass is 10.3. The van der Waals surface area contributed by atoms with E-state index in [2.05, 4.69) is 33.4 Å². The molecule has 1 aliphatic carbocycles. The monoisotopic (exact) mass is 411 g/mol. The molecule has 1 aliphatic rings. The molecular formula is C16H22IN5. The van der Waals surface area contributed by atoms with Crippen LogP contribution in [0.1, 0.15) is 18.5 Å². The summed E-state index contributed by atoms with van der Waals surface area (Å²) in [5.74, 6) is 0.876. The van der Waals surface area contributed by atoms with Gasteiger partial charge in [-0.1, -0.05) is 12.1 Å². The smallest absolute Gasteiger partial charge is 0.191 e. The Hall–Kier alpha value is -1.57. The molecular weight excluding hydrogens is 389 g/mol. The lowest BCUT2D eigenvalue weighted by Crippen LogP contribution is -2.38. The van der Waals surface area contributed by atoms with Gasteiger partial charge in [0, 0.05) is 37.9 Å². The van der Waals surface area contributed by atoms with Crippen molar-refractivity contribution in [1.82, 2.24) is 20.0 Å². The minimum atomic E-state index is 0. The van der Waals surface area contributed by atoms with Crippen LogP contribution < -0.4 is 10.6 Å². The summed E-state index contributed by atoms with van der Waals surface area (Å²) >= 11 is 0. The molecule has 1 saturated carbocycles. The van der Waals surface area contributed by atoms with Crippen molar-refractivity contribution in [2.75, 3.05) is 13.1 Å². The number of hydrogen-bond acceptors (Lipinski definition) is 2. The van der Waals surface area contributed by atoms with E-state index >= 15 is 0 Å². The van der Waals surface area contributed by atoms with Crippen LogP contribution in [0.2, 0.25) is 0 Å². The highest BCUT2D eigenvalue weighted by Crippen LogP contribution is 2.18. The Labute approximate surface area is 147 Å². The fourth-order valence-electron chi connectivity index (χ4n) is 2.13. The zero-order chi connectivity index (χ0) is 14.5. The molecule has 2 aromatic heterocycles. The first-order valence-corrected chi connectivity index (χ1v) is 7.43. The quantitative estimate of drug-likeness (QED) is 0.332. The van der Waals surface area contributed by atoms with E-state index in [1.165, 1.54) is 12.8 Å². The summed E-state index contributed by atoms with van der Waals surface area (Å²) in [6.07, 6.45) is 9.23. The third-order valence-corrected chi connectivity index (χ3v) is 3.38. The summed E-state index contributed by atoms with van der Waals surface area (Å²) in [5.41, 5.74) is 2.05. The molecule has 5 nitrogen and oxygen atoms in total. The fourth-order valence-corrected chi connectivity index (χ4v) is 2.13. The Morgan fingerprint density at radius 3 is 3.05 bits per heavy atom. The first kappa shape index (κ1) is 16.8. The molecule has 0 atom stereocenters. The summed E-state index contributed by atoms with van der Waals surface area (Å²) < 4.78 is 2.04. The predicted octanol–water partition coefficient (Wildman–Crippen LogP) is 2.38. The molecule has 3 rings (SSSR count). The topological polar surface area (TPSA) is 53.7 Å². The summed E-state index contributed by atoms with van der Waals surface area (Å²) in [6.45, 7) is 5.18. The predicted molar refractivity (Wildman–Crippen MR) is 101 cm³/mol. The van der Waals surface area contributed by atoms with Crippen LogP contribution in [0.15, 0.2) is 48.2 Å². The number of rotatable bonds is 6. The minimum absolute atomic E-state index is 0. The second-order valence-corrected chi connectivity index (χ2v) is 5.27. The molecule has 2 aromatic rings. The van der Waals surface area contributed by atoms with Crippen LogP contribution in [0.5, 0.6) is 0 Å². The van der Waals surface area contributed by atoms with Crippen LogP contribution in [0, 0.1) is 0 Å². The molecule has 0 saturated heterocycles. The number of pyridine rings is 1. The minimum Gasteiger partial charge on any atom is -0.354 e. The highest BCUT2D eigenvalue weighted by molar-refractivity contribution is 14.0. The first-order valence-electron chi connectivity index (χ1n) is 7.43. The van der Waals surface area contributed by atoms with Crippen LogP contribution >= 0.6 is 24.0 Å². The summed E-state index contributed by atoms with van der Waals surface area (Å²) in [6, 6.07) is 6.61. The number of fused-ring (bicyclic) bond motifs is 1. The van der Waals surface area contributed by atoms with E-state index in [0.717, 1.165) is 36.8 Å². The second-order valence-electron chi connectivity index (χ2n) is 5.27. The lowest BCUT2D eigenvalue weighted by Gasteiger charge is -2.09. The molecule has 0 aromatic carbocycles. The largest absolute Gasteiger partial charge is 0.354 e. The number of guanidine groups is 1. The number of imidazole rings is 1. The van der Waals surface area contributed by atoms with Gasteiger partial charge in [-0.3, -0.25) is 4.99 Å².